The van der Waals surface area contributed by atoms with Gasteiger partial charge in [-0.05, 0) is 26.3 Å². The number of aryl methyl sites for hydroxylation is 1. The first-order chi connectivity index (χ1) is 10.5. The first-order valence-corrected chi connectivity index (χ1v) is 8.15. The van der Waals surface area contributed by atoms with E-state index in [4.69, 9.17) is 9.84 Å². The number of anilines is 1. The van der Waals surface area contributed by atoms with Gasteiger partial charge in [-0.3, -0.25) is 9.69 Å². The summed E-state index contributed by atoms with van der Waals surface area (Å²) < 4.78 is 5.58. The van der Waals surface area contributed by atoms with E-state index in [0.717, 1.165) is 43.9 Å². The van der Waals surface area contributed by atoms with E-state index in [9.17, 15) is 9.59 Å². The van der Waals surface area contributed by atoms with E-state index < -0.39 is 5.97 Å². The van der Waals surface area contributed by atoms with Crippen LogP contribution in [0.5, 0.6) is 0 Å². The van der Waals surface area contributed by atoms with Crippen LogP contribution in [0.1, 0.15) is 35.1 Å². The van der Waals surface area contributed by atoms with E-state index in [1.807, 2.05) is 11.8 Å². The third kappa shape index (κ3) is 4.49. The van der Waals surface area contributed by atoms with Gasteiger partial charge in [-0.25, -0.2) is 9.78 Å². The van der Waals surface area contributed by atoms with Gasteiger partial charge >= 0.3 is 5.97 Å². The number of likely N-dealkylation sites (N-methyl/N-ethyl adjacent to an activating group) is 1. The molecular formula is C14H21N3O4S. The summed E-state index contributed by atoms with van der Waals surface area (Å²) in [6, 6.07) is 0. The van der Waals surface area contributed by atoms with Crippen molar-refractivity contribution in [2.24, 2.45) is 0 Å². The maximum atomic E-state index is 12.1. The summed E-state index contributed by atoms with van der Waals surface area (Å²) in [5.41, 5.74) is 0.416. The van der Waals surface area contributed by atoms with Crippen molar-refractivity contribution in [1.82, 2.24) is 9.88 Å². The van der Waals surface area contributed by atoms with Crippen LogP contribution in [-0.2, 0) is 9.53 Å². The van der Waals surface area contributed by atoms with Gasteiger partial charge in [-0.2, -0.15) is 0 Å². The average molecular weight is 327 g/mol. The van der Waals surface area contributed by atoms with Crippen molar-refractivity contribution < 1.29 is 19.4 Å². The number of rotatable bonds is 7. The monoisotopic (exact) mass is 327 g/mol. The molecule has 1 atom stereocenters. The molecule has 1 aliphatic heterocycles. The van der Waals surface area contributed by atoms with E-state index in [0.29, 0.717) is 10.8 Å². The van der Waals surface area contributed by atoms with Crippen molar-refractivity contribution in [3.8, 4) is 0 Å². The molecule has 0 bridgehead atoms. The smallest absolute Gasteiger partial charge is 0.347 e. The number of aromatic carboxylic acids is 1. The summed E-state index contributed by atoms with van der Waals surface area (Å²) in [5.74, 6) is -1.21. The molecule has 2 N–H and O–H groups in total. The van der Waals surface area contributed by atoms with Gasteiger partial charge in [-0.15, -0.1) is 0 Å². The van der Waals surface area contributed by atoms with Crippen molar-refractivity contribution in [2.75, 3.05) is 31.6 Å². The second-order valence-electron chi connectivity index (χ2n) is 5.25. The van der Waals surface area contributed by atoms with Crippen molar-refractivity contribution in [2.45, 2.75) is 32.8 Å². The Balaban J connectivity index is 1.87. The number of hydrogen-bond acceptors (Lipinski definition) is 6. The minimum absolute atomic E-state index is 0.155. The van der Waals surface area contributed by atoms with Gasteiger partial charge in [0.25, 0.3) is 0 Å². The SMILES string of the molecule is CCN(CC(=O)Nc1nc(C)c(C(=O)O)s1)C[C@@H]1CCCO1. The predicted octanol–water partition coefficient (Wildman–Crippen LogP) is 1.59. The summed E-state index contributed by atoms with van der Waals surface area (Å²) in [5, 5.41) is 12.0. The normalized spacial score (nSPS) is 17.9. The van der Waals surface area contributed by atoms with Gasteiger partial charge in [0.05, 0.1) is 18.3 Å². The molecule has 1 aliphatic rings. The van der Waals surface area contributed by atoms with Gasteiger partial charge in [0.2, 0.25) is 5.91 Å². The molecular weight excluding hydrogens is 306 g/mol. The maximum absolute atomic E-state index is 12.1. The van der Waals surface area contributed by atoms with E-state index >= 15 is 0 Å². The molecule has 1 saturated heterocycles. The second kappa shape index (κ2) is 7.66. The van der Waals surface area contributed by atoms with Gasteiger partial charge < -0.3 is 15.2 Å². The Bertz CT molecular complexity index is 540. The molecule has 122 valence electrons. The molecule has 0 radical (unpaired) electrons. The second-order valence-corrected chi connectivity index (χ2v) is 6.25. The fraction of sp³-hybridized carbons (Fsp3) is 0.643. The number of carbonyl (C=O) groups excluding carboxylic acids is 1. The Labute approximate surface area is 133 Å². The molecule has 0 aliphatic carbocycles. The molecule has 2 heterocycles. The lowest BCUT2D eigenvalue weighted by Gasteiger charge is -2.22. The van der Waals surface area contributed by atoms with Crippen LogP contribution in [0.25, 0.3) is 0 Å². The molecule has 1 amide bonds. The van der Waals surface area contributed by atoms with Crippen LogP contribution in [-0.4, -0.2) is 59.2 Å². The molecule has 0 unspecified atom stereocenters. The highest BCUT2D eigenvalue weighted by Gasteiger charge is 2.21. The Kier molecular flexibility index (Phi) is 5.87. The van der Waals surface area contributed by atoms with Crippen LogP contribution in [0, 0.1) is 6.92 Å². The fourth-order valence-electron chi connectivity index (χ4n) is 2.39. The quantitative estimate of drug-likeness (QED) is 0.790. The fourth-order valence-corrected chi connectivity index (χ4v) is 3.21. The zero-order valence-corrected chi connectivity index (χ0v) is 13.6. The van der Waals surface area contributed by atoms with E-state index in [1.165, 1.54) is 0 Å². The molecule has 0 saturated carbocycles. The van der Waals surface area contributed by atoms with Gasteiger partial charge in [0, 0.05) is 13.2 Å². The minimum Gasteiger partial charge on any atom is -0.477 e. The highest BCUT2D eigenvalue weighted by Crippen LogP contribution is 2.22. The number of carbonyl (C=O) groups is 2. The van der Waals surface area contributed by atoms with Crippen LogP contribution >= 0.6 is 11.3 Å². The number of nitrogens with zero attached hydrogens (tertiary/aromatic N) is 2. The Hall–Kier alpha value is -1.51. The molecule has 1 aromatic heterocycles. The average Bonchev–Trinajstić information content (AvgIpc) is 3.07. The van der Waals surface area contributed by atoms with Crippen molar-refractivity contribution in [3.63, 3.8) is 0 Å². The number of ether oxygens (including phenoxy) is 1. The first-order valence-electron chi connectivity index (χ1n) is 7.34. The highest BCUT2D eigenvalue weighted by molar-refractivity contribution is 7.17. The zero-order chi connectivity index (χ0) is 16.1. The molecule has 0 aromatic carbocycles. The van der Waals surface area contributed by atoms with Crippen LogP contribution in [0.2, 0.25) is 0 Å². The Morgan fingerprint density at radius 3 is 2.86 bits per heavy atom. The molecule has 2 rings (SSSR count). The Morgan fingerprint density at radius 2 is 2.32 bits per heavy atom. The number of carboxylic acids is 1. The molecule has 1 fully saturated rings. The van der Waals surface area contributed by atoms with Crippen molar-refractivity contribution >= 4 is 28.3 Å². The summed E-state index contributed by atoms with van der Waals surface area (Å²) in [6.45, 7) is 6.15. The molecule has 8 heteroatoms. The lowest BCUT2D eigenvalue weighted by Crippen LogP contribution is -2.38. The largest absolute Gasteiger partial charge is 0.477 e. The molecule has 7 nitrogen and oxygen atoms in total. The van der Waals surface area contributed by atoms with Gasteiger partial charge in [-0.1, -0.05) is 18.3 Å². The number of carboxylic acid groups (broad SMARTS) is 1. The molecule has 0 spiro atoms. The minimum atomic E-state index is -1.02. The summed E-state index contributed by atoms with van der Waals surface area (Å²) in [6.07, 6.45) is 2.31. The number of aromatic nitrogens is 1. The molecule has 1 aromatic rings. The van der Waals surface area contributed by atoms with Gasteiger partial charge in [0.1, 0.15) is 4.88 Å². The lowest BCUT2D eigenvalue weighted by molar-refractivity contribution is -0.117. The third-order valence-corrected chi connectivity index (χ3v) is 4.60. The summed E-state index contributed by atoms with van der Waals surface area (Å²) in [7, 11) is 0. The zero-order valence-electron chi connectivity index (χ0n) is 12.8. The van der Waals surface area contributed by atoms with E-state index in [1.54, 1.807) is 6.92 Å². The van der Waals surface area contributed by atoms with Crippen molar-refractivity contribution in [1.29, 1.82) is 0 Å². The van der Waals surface area contributed by atoms with Crippen LogP contribution in [0.3, 0.4) is 0 Å². The third-order valence-electron chi connectivity index (χ3n) is 3.54. The first kappa shape index (κ1) is 16.9. The lowest BCUT2D eigenvalue weighted by atomic mass is 10.2. The predicted molar refractivity (Wildman–Crippen MR) is 83.5 cm³/mol. The topological polar surface area (TPSA) is 91.8 Å². The van der Waals surface area contributed by atoms with E-state index in [-0.39, 0.29) is 23.4 Å². The number of hydrogen-bond donors (Lipinski definition) is 2. The number of nitrogens with one attached hydrogen (secondary N) is 1. The van der Waals surface area contributed by atoms with Crippen LogP contribution in [0.15, 0.2) is 0 Å². The van der Waals surface area contributed by atoms with E-state index in [2.05, 4.69) is 10.3 Å². The maximum Gasteiger partial charge on any atom is 0.347 e. The Morgan fingerprint density at radius 1 is 1.55 bits per heavy atom. The number of thiazole rings is 1. The van der Waals surface area contributed by atoms with Crippen LogP contribution in [0.4, 0.5) is 5.13 Å². The summed E-state index contributed by atoms with van der Waals surface area (Å²) >= 11 is 0.978. The highest BCUT2D eigenvalue weighted by atomic mass is 32.1. The number of amides is 1. The van der Waals surface area contributed by atoms with Gasteiger partial charge in [0.15, 0.2) is 5.13 Å². The van der Waals surface area contributed by atoms with Crippen LogP contribution < -0.4 is 5.32 Å². The standard InChI is InChI=1S/C14H21N3O4S/c1-3-17(7-10-5-4-6-21-10)8-11(18)16-14-15-9(2)12(22-14)13(19)20/h10H,3-8H2,1-2H3,(H,19,20)(H,15,16,18)/t10-/m0/s1. The molecule has 22 heavy (non-hydrogen) atoms. The van der Waals surface area contributed by atoms with Crippen molar-refractivity contribution in [3.05, 3.63) is 10.6 Å². The summed E-state index contributed by atoms with van der Waals surface area (Å²) in [4.78, 5) is 29.3.